The Hall–Kier alpha value is -0.200. The molecule has 0 heterocycles. The first kappa shape index (κ1) is 20.8. The van der Waals surface area contributed by atoms with E-state index in [1.165, 1.54) is 12.1 Å². The van der Waals surface area contributed by atoms with Gasteiger partial charge >= 0.3 is 0 Å². The standard InChI is InChI=1S/C13H17Cl2FN2OS.ClH/c1-7(18-13(19)10(17)5-6-20-2)11-8(14)3-4-9(16)12(11)15;/h3-4,7,10H,5-6,17H2,1-2H3,(H,18,19);1H/t7?,10-;/m0./s1. The van der Waals surface area contributed by atoms with Gasteiger partial charge in [0, 0.05) is 10.6 Å². The van der Waals surface area contributed by atoms with Gasteiger partial charge in [-0.05, 0) is 37.5 Å². The summed E-state index contributed by atoms with van der Waals surface area (Å²) in [6.45, 7) is 1.69. The summed E-state index contributed by atoms with van der Waals surface area (Å²) in [4.78, 5) is 11.9. The van der Waals surface area contributed by atoms with E-state index < -0.39 is 17.9 Å². The predicted molar refractivity (Wildman–Crippen MR) is 91.2 cm³/mol. The minimum atomic E-state index is -0.601. The molecule has 2 atom stereocenters. The summed E-state index contributed by atoms with van der Waals surface area (Å²) >= 11 is 13.5. The maximum Gasteiger partial charge on any atom is 0.237 e. The molecule has 1 amide bonds. The van der Waals surface area contributed by atoms with Crippen LogP contribution >= 0.6 is 47.4 Å². The average molecular weight is 376 g/mol. The van der Waals surface area contributed by atoms with Crippen LogP contribution in [0.3, 0.4) is 0 Å². The fourth-order valence-corrected chi connectivity index (χ4v) is 2.90. The molecule has 0 saturated carbocycles. The molecule has 8 heteroatoms. The topological polar surface area (TPSA) is 55.1 Å². The van der Waals surface area contributed by atoms with Crippen molar-refractivity contribution in [3.05, 3.63) is 33.6 Å². The SMILES string of the molecule is CSCC[C@H](N)C(=O)NC(C)c1c(Cl)ccc(F)c1Cl.Cl. The van der Waals surface area contributed by atoms with Crippen LogP contribution in [0, 0.1) is 5.82 Å². The zero-order valence-corrected chi connectivity index (χ0v) is 14.8. The van der Waals surface area contributed by atoms with Gasteiger partial charge in [-0.1, -0.05) is 23.2 Å². The third-order valence-electron chi connectivity index (χ3n) is 2.84. The highest BCUT2D eigenvalue weighted by Crippen LogP contribution is 2.32. The second-order valence-electron chi connectivity index (χ2n) is 4.38. The number of rotatable bonds is 6. The van der Waals surface area contributed by atoms with Gasteiger partial charge in [-0.25, -0.2) is 4.39 Å². The van der Waals surface area contributed by atoms with Crippen LogP contribution in [0.2, 0.25) is 10.0 Å². The van der Waals surface area contributed by atoms with Crippen molar-refractivity contribution in [3.63, 3.8) is 0 Å². The van der Waals surface area contributed by atoms with Gasteiger partial charge in [-0.3, -0.25) is 4.79 Å². The maximum absolute atomic E-state index is 13.5. The van der Waals surface area contributed by atoms with Gasteiger partial charge in [-0.15, -0.1) is 12.4 Å². The van der Waals surface area contributed by atoms with E-state index in [2.05, 4.69) is 5.32 Å². The van der Waals surface area contributed by atoms with Gasteiger partial charge in [0.2, 0.25) is 5.91 Å². The zero-order chi connectivity index (χ0) is 15.3. The highest BCUT2D eigenvalue weighted by atomic mass is 35.5. The van der Waals surface area contributed by atoms with E-state index in [-0.39, 0.29) is 23.3 Å². The van der Waals surface area contributed by atoms with Crippen molar-refractivity contribution in [1.29, 1.82) is 0 Å². The Labute approximate surface area is 144 Å². The Morgan fingerprint density at radius 3 is 2.67 bits per heavy atom. The normalized spacial score (nSPS) is 13.2. The number of hydrogen-bond donors (Lipinski definition) is 2. The third-order valence-corrected chi connectivity index (χ3v) is 4.20. The number of carbonyl (C=O) groups is 1. The predicted octanol–water partition coefficient (Wildman–Crippen LogP) is 3.81. The lowest BCUT2D eigenvalue weighted by molar-refractivity contribution is -0.123. The van der Waals surface area contributed by atoms with Crippen LogP contribution in [0.5, 0.6) is 0 Å². The first-order chi connectivity index (χ1) is 9.38. The van der Waals surface area contributed by atoms with Gasteiger partial charge in [0.1, 0.15) is 5.82 Å². The van der Waals surface area contributed by atoms with Gasteiger partial charge in [0.15, 0.2) is 0 Å². The Bertz CT molecular complexity index is 491. The van der Waals surface area contributed by atoms with E-state index in [4.69, 9.17) is 28.9 Å². The van der Waals surface area contributed by atoms with Crippen LogP contribution < -0.4 is 11.1 Å². The monoisotopic (exact) mass is 374 g/mol. The van der Waals surface area contributed by atoms with Gasteiger partial charge in [-0.2, -0.15) is 11.8 Å². The number of hydrogen-bond acceptors (Lipinski definition) is 3. The quantitative estimate of drug-likeness (QED) is 0.743. The van der Waals surface area contributed by atoms with E-state index in [1.54, 1.807) is 18.7 Å². The molecular formula is C13H18Cl3FN2OS. The Kier molecular flexibility index (Phi) is 9.65. The molecule has 0 bridgehead atoms. The average Bonchev–Trinajstić information content (AvgIpc) is 2.40. The summed E-state index contributed by atoms with van der Waals surface area (Å²) in [7, 11) is 0. The molecule has 0 aliphatic carbocycles. The molecule has 0 radical (unpaired) electrons. The van der Waals surface area contributed by atoms with Crippen molar-refractivity contribution in [3.8, 4) is 0 Å². The maximum atomic E-state index is 13.5. The Morgan fingerprint density at radius 2 is 2.10 bits per heavy atom. The van der Waals surface area contributed by atoms with Crippen molar-refractivity contribution in [1.82, 2.24) is 5.32 Å². The number of halogens is 4. The zero-order valence-electron chi connectivity index (χ0n) is 11.7. The number of benzene rings is 1. The molecule has 0 aliphatic rings. The molecule has 0 aromatic heterocycles. The molecule has 1 aromatic carbocycles. The molecule has 3 N–H and O–H groups in total. The Morgan fingerprint density at radius 1 is 1.48 bits per heavy atom. The fraction of sp³-hybridized carbons (Fsp3) is 0.462. The first-order valence-corrected chi connectivity index (χ1v) is 8.21. The molecule has 1 unspecified atom stereocenters. The summed E-state index contributed by atoms with van der Waals surface area (Å²) in [6.07, 6.45) is 2.52. The third kappa shape index (κ3) is 5.83. The first-order valence-electron chi connectivity index (χ1n) is 6.06. The van der Waals surface area contributed by atoms with Crippen LogP contribution in [-0.4, -0.2) is 24.0 Å². The van der Waals surface area contributed by atoms with Crippen LogP contribution in [0.25, 0.3) is 0 Å². The number of thioether (sulfide) groups is 1. The molecule has 0 aliphatic heterocycles. The lowest BCUT2D eigenvalue weighted by atomic mass is 10.1. The highest BCUT2D eigenvalue weighted by Gasteiger charge is 2.21. The van der Waals surface area contributed by atoms with Crippen molar-refractivity contribution < 1.29 is 9.18 Å². The number of nitrogens with two attached hydrogens (primary N) is 1. The fourth-order valence-electron chi connectivity index (χ4n) is 1.71. The summed E-state index contributed by atoms with van der Waals surface area (Å²) in [5, 5.41) is 2.93. The molecular weight excluding hydrogens is 358 g/mol. The molecule has 0 spiro atoms. The van der Waals surface area contributed by atoms with Crippen molar-refractivity contribution in [2.45, 2.75) is 25.4 Å². The smallest absolute Gasteiger partial charge is 0.237 e. The van der Waals surface area contributed by atoms with Crippen molar-refractivity contribution in [2.24, 2.45) is 5.73 Å². The van der Waals surface area contributed by atoms with Crippen LogP contribution in [-0.2, 0) is 4.79 Å². The Balaban J connectivity index is 0.00000400. The number of carbonyl (C=O) groups excluding carboxylic acids is 1. The highest BCUT2D eigenvalue weighted by molar-refractivity contribution is 7.98. The van der Waals surface area contributed by atoms with Crippen LogP contribution in [0.4, 0.5) is 4.39 Å². The summed E-state index contributed by atoms with van der Waals surface area (Å²) < 4.78 is 13.5. The minimum Gasteiger partial charge on any atom is -0.348 e. The van der Waals surface area contributed by atoms with Crippen molar-refractivity contribution in [2.75, 3.05) is 12.0 Å². The van der Waals surface area contributed by atoms with Gasteiger partial charge in [0.25, 0.3) is 0 Å². The number of nitrogens with one attached hydrogen (secondary N) is 1. The largest absolute Gasteiger partial charge is 0.348 e. The van der Waals surface area contributed by atoms with E-state index in [9.17, 15) is 9.18 Å². The summed E-state index contributed by atoms with van der Waals surface area (Å²) in [5.74, 6) is -0.0773. The summed E-state index contributed by atoms with van der Waals surface area (Å²) in [5.41, 5.74) is 6.13. The molecule has 21 heavy (non-hydrogen) atoms. The molecule has 3 nitrogen and oxygen atoms in total. The minimum absolute atomic E-state index is 0. The second kappa shape index (κ2) is 9.74. The second-order valence-corrected chi connectivity index (χ2v) is 6.15. The van der Waals surface area contributed by atoms with E-state index in [0.29, 0.717) is 17.0 Å². The van der Waals surface area contributed by atoms with E-state index in [1.807, 2.05) is 6.26 Å². The molecule has 0 fully saturated rings. The molecule has 0 saturated heterocycles. The van der Waals surface area contributed by atoms with E-state index >= 15 is 0 Å². The molecule has 1 rings (SSSR count). The van der Waals surface area contributed by atoms with Crippen LogP contribution in [0.15, 0.2) is 12.1 Å². The molecule has 1 aromatic rings. The van der Waals surface area contributed by atoms with Gasteiger partial charge in [0.05, 0.1) is 17.1 Å². The van der Waals surface area contributed by atoms with E-state index in [0.717, 1.165) is 5.75 Å². The lowest BCUT2D eigenvalue weighted by Gasteiger charge is -2.20. The number of amides is 1. The van der Waals surface area contributed by atoms with Gasteiger partial charge < -0.3 is 11.1 Å². The van der Waals surface area contributed by atoms with Crippen LogP contribution in [0.1, 0.15) is 24.9 Å². The molecule has 120 valence electrons. The lowest BCUT2D eigenvalue weighted by Crippen LogP contribution is -2.42. The summed E-state index contributed by atoms with van der Waals surface area (Å²) in [6, 6.07) is 1.48. The van der Waals surface area contributed by atoms with Crippen molar-refractivity contribution >= 4 is 53.3 Å².